The Labute approximate surface area is 105 Å². The fraction of sp³-hybridized carbons (Fsp3) is 0.417. The number of nitrogens with zero attached hydrogens (tertiary/aromatic N) is 1. The van der Waals surface area contributed by atoms with Gasteiger partial charge in [0.05, 0.1) is 17.8 Å². The van der Waals surface area contributed by atoms with Gasteiger partial charge in [0.15, 0.2) is 0 Å². The Morgan fingerprint density at radius 2 is 2.17 bits per heavy atom. The normalized spacial score (nSPS) is 11.1. The number of rotatable bonds is 5. The van der Waals surface area contributed by atoms with Crippen molar-refractivity contribution in [1.82, 2.24) is 10.3 Å². The molecule has 1 amide bonds. The van der Waals surface area contributed by atoms with Crippen LogP contribution in [0.5, 0.6) is 0 Å². The van der Waals surface area contributed by atoms with Gasteiger partial charge >= 0.3 is 5.97 Å². The third-order valence-electron chi connectivity index (χ3n) is 2.15. The van der Waals surface area contributed by atoms with Gasteiger partial charge in [-0.2, -0.15) is 0 Å². The standard InChI is InChI=1S/C12H17N3O3/c1-12(2,13)6-10(16)15-7-9-5-8(11(17)18)3-4-14-9/h3-5H,6-7,13H2,1-2H3,(H,15,16)(H,17,18). The number of carbonyl (C=O) groups excluding carboxylic acids is 1. The van der Waals surface area contributed by atoms with Crippen molar-refractivity contribution < 1.29 is 14.7 Å². The number of carboxylic acids is 1. The molecule has 0 aliphatic heterocycles. The number of carbonyl (C=O) groups is 2. The van der Waals surface area contributed by atoms with Crippen LogP contribution in [0.25, 0.3) is 0 Å². The maximum absolute atomic E-state index is 11.5. The van der Waals surface area contributed by atoms with Crippen LogP contribution in [0.1, 0.15) is 36.3 Å². The zero-order chi connectivity index (χ0) is 13.8. The molecule has 0 bridgehead atoms. The van der Waals surface area contributed by atoms with Crippen molar-refractivity contribution in [3.05, 3.63) is 29.6 Å². The van der Waals surface area contributed by atoms with Gasteiger partial charge in [0.25, 0.3) is 0 Å². The molecule has 0 aromatic carbocycles. The topological polar surface area (TPSA) is 105 Å². The van der Waals surface area contributed by atoms with E-state index in [1.807, 2.05) is 0 Å². The van der Waals surface area contributed by atoms with Crippen LogP contribution in [-0.4, -0.2) is 27.5 Å². The summed E-state index contributed by atoms with van der Waals surface area (Å²) >= 11 is 0. The molecule has 6 nitrogen and oxygen atoms in total. The molecule has 1 aromatic rings. The lowest BCUT2D eigenvalue weighted by Gasteiger charge is -2.17. The number of hydrogen-bond acceptors (Lipinski definition) is 4. The molecule has 1 heterocycles. The van der Waals surface area contributed by atoms with E-state index in [1.54, 1.807) is 13.8 Å². The van der Waals surface area contributed by atoms with Gasteiger partial charge in [0.2, 0.25) is 5.91 Å². The molecule has 4 N–H and O–H groups in total. The fourth-order valence-electron chi connectivity index (χ4n) is 1.37. The molecule has 0 unspecified atom stereocenters. The summed E-state index contributed by atoms with van der Waals surface area (Å²) in [6.07, 6.45) is 1.60. The van der Waals surface area contributed by atoms with Crippen LogP contribution in [0.2, 0.25) is 0 Å². The average molecular weight is 251 g/mol. The Hall–Kier alpha value is -1.95. The highest BCUT2D eigenvalue weighted by Gasteiger charge is 2.16. The predicted octanol–water partition coefficient (Wildman–Crippen LogP) is 0.523. The molecule has 98 valence electrons. The number of hydrogen-bond donors (Lipinski definition) is 3. The maximum Gasteiger partial charge on any atom is 0.335 e. The van der Waals surface area contributed by atoms with Gasteiger partial charge in [0, 0.05) is 18.2 Å². The molecule has 0 saturated carbocycles. The van der Waals surface area contributed by atoms with Gasteiger partial charge in [0.1, 0.15) is 0 Å². The Bertz CT molecular complexity index is 452. The largest absolute Gasteiger partial charge is 0.478 e. The van der Waals surface area contributed by atoms with Crippen molar-refractivity contribution >= 4 is 11.9 Å². The van der Waals surface area contributed by atoms with E-state index < -0.39 is 11.5 Å². The van der Waals surface area contributed by atoms with E-state index in [0.717, 1.165) is 0 Å². The third-order valence-corrected chi connectivity index (χ3v) is 2.15. The second kappa shape index (κ2) is 5.59. The number of nitrogens with one attached hydrogen (secondary N) is 1. The first-order chi connectivity index (χ1) is 8.28. The number of nitrogens with two attached hydrogens (primary N) is 1. The number of pyridine rings is 1. The number of aromatic nitrogens is 1. The molecule has 0 fully saturated rings. The summed E-state index contributed by atoms with van der Waals surface area (Å²) in [5.74, 6) is -1.21. The molecular weight excluding hydrogens is 234 g/mol. The van der Waals surface area contributed by atoms with E-state index in [2.05, 4.69) is 10.3 Å². The van der Waals surface area contributed by atoms with Gasteiger partial charge in [-0.1, -0.05) is 0 Å². The fourth-order valence-corrected chi connectivity index (χ4v) is 1.37. The van der Waals surface area contributed by atoms with Crippen molar-refractivity contribution in [2.45, 2.75) is 32.4 Å². The Kier molecular flexibility index (Phi) is 4.38. The molecule has 0 aliphatic carbocycles. The minimum atomic E-state index is -1.02. The zero-order valence-corrected chi connectivity index (χ0v) is 10.4. The smallest absolute Gasteiger partial charge is 0.335 e. The van der Waals surface area contributed by atoms with Crippen LogP contribution in [0.15, 0.2) is 18.3 Å². The van der Waals surface area contributed by atoms with Gasteiger partial charge in [-0.3, -0.25) is 9.78 Å². The Balaban J connectivity index is 2.56. The van der Waals surface area contributed by atoms with Crippen molar-refractivity contribution in [3.8, 4) is 0 Å². The average Bonchev–Trinajstić information content (AvgIpc) is 2.24. The summed E-state index contributed by atoms with van der Waals surface area (Å²) in [5.41, 5.74) is 5.79. The summed E-state index contributed by atoms with van der Waals surface area (Å²) in [6.45, 7) is 3.71. The molecular formula is C12H17N3O3. The van der Waals surface area contributed by atoms with E-state index in [0.29, 0.717) is 5.69 Å². The molecule has 0 aliphatic rings. The summed E-state index contributed by atoms with van der Waals surface area (Å²) in [6, 6.07) is 2.83. The lowest BCUT2D eigenvalue weighted by atomic mass is 10.0. The SMILES string of the molecule is CC(C)(N)CC(=O)NCc1cc(C(=O)O)ccn1. The molecule has 1 rings (SSSR count). The van der Waals surface area contributed by atoms with E-state index in [-0.39, 0.29) is 24.4 Å². The quantitative estimate of drug-likeness (QED) is 0.707. The molecule has 0 spiro atoms. The summed E-state index contributed by atoms with van der Waals surface area (Å²) < 4.78 is 0. The van der Waals surface area contributed by atoms with E-state index in [4.69, 9.17) is 10.8 Å². The Morgan fingerprint density at radius 1 is 1.50 bits per heavy atom. The molecule has 1 aromatic heterocycles. The minimum Gasteiger partial charge on any atom is -0.478 e. The first-order valence-corrected chi connectivity index (χ1v) is 5.52. The van der Waals surface area contributed by atoms with Crippen LogP contribution in [0, 0.1) is 0 Å². The van der Waals surface area contributed by atoms with Gasteiger partial charge < -0.3 is 16.2 Å². The molecule has 6 heteroatoms. The van der Waals surface area contributed by atoms with Crippen LogP contribution in [0.3, 0.4) is 0 Å². The van der Waals surface area contributed by atoms with Gasteiger partial charge in [-0.05, 0) is 26.0 Å². The summed E-state index contributed by atoms with van der Waals surface area (Å²) in [7, 11) is 0. The van der Waals surface area contributed by atoms with Crippen molar-refractivity contribution in [2.75, 3.05) is 0 Å². The number of amides is 1. The van der Waals surface area contributed by atoms with Crippen molar-refractivity contribution in [2.24, 2.45) is 5.73 Å². The van der Waals surface area contributed by atoms with Crippen LogP contribution in [-0.2, 0) is 11.3 Å². The van der Waals surface area contributed by atoms with E-state index in [9.17, 15) is 9.59 Å². The molecule has 18 heavy (non-hydrogen) atoms. The Morgan fingerprint density at radius 3 is 2.72 bits per heavy atom. The summed E-state index contributed by atoms with van der Waals surface area (Å²) in [5, 5.41) is 11.5. The van der Waals surface area contributed by atoms with Crippen molar-refractivity contribution in [3.63, 3.8) is 0 Å². The molecule has 0 saturated heterocycles. The molecule has 0 atom stereocenters. The zero-order valence-electron chi connectivity index (χ0n) is 10.4. The number of aromatic carboxylic acids is 1. The predicted molar refractivity (Wildman–Crippen MR) is 65.9 cm³/mol. The van der Waals surface area contributed by atoms with E-state index >= 15 is 0 Å². The van der Waals surface area contributed by atoms with Gasteiger partial charge in [-0.25, -0.2) is 4.79 Å². The second-order valence-corrected chi connectivity index (χ2v) is 4.78. The lowest BCUT2D eigenvalue weighted by molar-refractivity contribution is -0.122. The second-order valence-electron chi connectivity index (χ2n) is 4.78. The highest BCUT2D eigenvalue weighted by molar-refractivity contribution is 5.87. The number of carboxylic acid groups (broad SMARTS) is 1. The van der Waals surface area contributed by atoms with Gasteiger partial charge in [-0.15, -0.1) is 0 Å². The van der Waals surface area contributed by atoms with Crippen LogP contribution >= 0.6 is 0 Å². The highest BCUT2D eigenvalue weighted by atomic mass is 16.4. The first-order valence-electron chi connectivity index (χ1n) is 5.52. The third kappa shape index (κ3) is 4.92. The summed E-state index contributed by atoms with van der Waals surface area (Å²) in [4.78, 5) is 26.2. The van der Waals surface area contributed by atoms with E-state index in [1.165, 1.54) is 18.3 Å². The van der Waals surface area contributed by atoms with Crippen LogP contribution in [0.4, 0.5) is 0 Å². The maximum atomic E-state index is 11.5. The highest BCUT2D eigenvalue weighted by Crippen LogP contribution is 2.04. The molecule has 0 radical (unpaired) electrons. The van der Waals surface area contributed by atoms with Crippen LogP contribution < -0.4 is 11.1 Å². The minimum absolute atomic E-state index is 0.147. The first kappa shape index (κ1) is 14.1. The monoisotopic (exact) mass is 251 g/mol. The lowest BCUT2D eigenvalue weighted by Crippen LogP contribution is -2.38. The van der Waals surface area contributed by atoms with Crippen molar-refractivity contribution in [1.29, 1.82) is 0 Å².